The molecule has 1 rings (SSSR count). The van der Waals surface area contributed by atoms with Crippen LogP contribution in [0.1, 0.15) is 40.0 Å². The SMILES string of the molecule is CC(C)CC(=O)N[C@@H](C)C(=O)N1CCCC1. The van der Waals surface area contributed by atoms with Crippen molar-refractivity contribution < 1.29 is 9.59 Å². The zero-order valence-electron chi connectivity index (χ0n) is 10.5. The van der Waals surface area contributed by atoms with Crippen LogP contribution in [0.4, 0.5) is 0 Å². The average Bonchev–Trinajstić information content (AvgIpc) is 2.67. The fourth-order valence-electron chi connectivity index (χ4n) is 1.94. The Hall–Kier alpha value is -1.06. The average molecular weight is 226 g/mol. The minimum atomic E-state index is -0.385. The van der Waals surface area contributed by atoms with Gasteiger partial charge in [0.1, 0.15) is 6.04 Å². The third kappa shape index (κ3) is 3.83. The molecule has 16 heavy (non-hydrogen) atoms. The van der Waals surface area contributed by atoms with Crippen molar-refractivity contribution in [3.63, 3.8) is 0 Å². The molecular weight excluding hydrogens is 204 g/mol. The van der Waals surface area contributed by atoms with E-state index < -0.39 is 0 Å². The van der Waals surface area contributed by atoms with E-state index in [-0.39, 0.29) is 17.9 Å². The van der Waals surface area contributed by atoms with Gasteiger partial charge in [0.15, 0.2) is 0 Å². The maximum absolute atomic E-state index is 11.9. The zero-order valence-corrected chi connectivity index (χ0v) is 10.5. The fraction of sp³-hybridized carbons (Fsp3) is 0.833. The molecule has 0 aromatic heterocycles. The van der Waals surface area contributed by atoms with Crippen molar-refractivity contribution in [3.05, 3.63) is 0 Å². The van der Waals surface area contributed by atoms with Gasteiger partial charge in [-0.05, 0) is 25.7 Å². The third-order valence-electron chi connectivity index (χ3n) is 2.76. The summed E-state index contributed by atoms with van der Waals surface area (Å²) in [6, 6.07) is -0.385. The van der Waals surface area contributed by atoms with E-state index in [2.05, 4.69) is 5.32 Å². The van der Waals surface area contributed by atoms with Crippen LogP contribution >= 0.6 is 0 Å². The molecule has 0 saturated carbocycles. The molecule has 1 aliphatic rings. The van der Waals surface area contributed by atoms with Crippen LogP contribution in [0.15, 0.2) is 0 Å². The zero-order chi connectivity index (χ0) is 12.1. The van der Waals surface area contributed by atoms with E-state index in [4.69, 9.17) is 0 Å². The second kappa shape index (κ2) is 5.87. The number of hydrogen-bond acceptors (Lipinski definition) is 2. The van der Waals surface area contributed by atoms with Crippen LogP contribution in [0.2, 0.25) is 0 Å². The number of carbonyl (C=O) groups excluding carboxylic acids is 2. The minimum Gasteiger partial charge on any atom is -0.345 e. The lowest BCUT2D eigenvalue weighted by Crippen LogP contribution is -2.46. The number of rotatable bonds is 4. The van der Waals surface area contributed by atoms with E-state index in [1.54, 1.807) is 6.92 Å². The van der Waals surface area contributed by atoms with Crippen molar-refractivity contribution >= 4 is 11.8 Å². The van der Waals surface area contributed by atoms with Crippen LogP contribution in [0.5, 0.6) is 0 Å². The summed E-state index contributed by atoms with van der Waals surface area (Å²) in [4.78, 5) is 25.2. The van der Waals surface area contributed by atoms with E-state index in [1.165, 1.54) is 0 Å². The predicted molar refractivity (Wildman–Crippen MR) is 62.9 cm³/mol. The second-order valence-electron chi connectivity index (χ2n) is 4.92. The fourth-order valence-corrected chi connectivity index (χ4v) is 1.94. The first-order valence-corrected chi connectivity index (χ1v) is 6.09. The molecule has 0 aromatic rings. The molecule has 0 aliphatic carbocycles. The summed E-state index contributed by atoms with van der Waals surface area (Å²) in [7, 11) is 0. The molecule has 0 radical (unpaired) electrons. The summed E-state index contributed by atoms with van der Waals surface area (Å²) in [5.74, 6) is 0.346. The molecule has 0 bridgehead atoms. The molecule has 0 spiro atoms. The highest BCUT2D eigenvalue weighted by molar-refractivity contribution is 5.87. The first-order chi connectivity index (χ1) is 7.50. The molecule has 4 nitrogen and oxygen atoms in total. The maximum atomic E-state index is 11.9. The lowest BCUT2D eigenvalue weighted by Gasteiger charge is -2.21. The normalized spacial score (nSPS) is 17.6. The van der Waals surface area contributed by atoms with Gasteiger partial charge in [0.25, 0.3) is 0 Å². The predicted octanol–water partition coefficient (Wildman–Crippen LogP) is 1.16. The van der Waals surface area contributed by atoms with Crippen molar-refractivity contribution in [2.75, 3.05) is 13.1 Å². The molecule has 1 atom stereocenters. The highest BCUT2D eigenvalue weighted by Crippen LogP contribution is 2.09. The number of nitrogens with zero attached hydrogens (tertiary/aromatic N) is 1. The van der Waals surface area contributed by atoms with Gasteiger partial charge in [-0.1, -0.05) is 13.8 Å². The van der Waals surface area contributed by atoms with Gasteiger partial charge in [0.05, 0.1) is 0 Å². The Morgan fingerprint density at radius 3 is 2.25 bits per heavy atom. The van der Waals surface area contributed by atoms with Gasteiger partial charge in [-0.3, -0.25) is 9.59 Å². The molecule has 1 heterocycles. The van der Waals surface area contributed by atoms with Gasteiger partial charge in [-0.15, -0.1) is 0 Å². The summed E-state index contributed by atoms with van der Waals surface area (Å²) in [6.45, 7) is 7.42. The summed E-state index contributed by atoms with van der Waals surface area (Å²) in [6.07, 6.45) is 2.65. The molecule has 0 aromatic carbocycles. The largest absolute Gasteiger partial charge is 0.345 e. The quantitative estimate of drug-likeness (QED) is 0.782. The Balaban J connectivity index is 2.35. The van der Waals surface area contributed by atoms with E-state index in [0.717, 1.165) is 25.9 Å². The lowest BCUT2D eigenvalue weighted by molar-refractivity contribution is -0.135. The van der Waals surface area contributed by atoms with E-state index in [0.29, 0.717) is 12.3 Å². The Bertz CT molecular complexity index is 258. The first-order valence-electron chi connectivity index (χ1n) is 6.09. The van der Waals surface area contributed by atoms with Gasteiger partial charge in [0.2, 0.25) is 11.8 Å². The van der Waals surface area contributed by atoms with Crippen LogP contribution in [-0.4, -0.2) is 35.8 Å². The number of likely N-dealkylation sites (tertiary alicyclic amines) is 1. The van der Waals surface area contributed by atoms with Gasteiger partial charge < -0.3 is 10.2 Å². The van der Waals surface area contributed by atoms with E-state index in [1.807, 2.05) is 18.7 Å². The third-order valence-corrected chi connectivity index (χ3v) is 2.76. The molecule has 2 amide bonds. The van der Waals surface area contributed by atoms with Crippen LogP contribution < -0.4 is 5.32 Å². The van der Waals surface area contributed by atoms with E-state index >= 15 is 0 Å². The van der Waals surface area contributed by atoms with Crippen molar-refractivity contribution in [1.29, 1.82) is 0 Å². The molecule has 1 N–H and O–H groups in total. The summed E-state index contributed by atoms with van der Waals surface area (Å²) >= 11 is 0. The smallest absolute Gasteiger partial charge is 0.244 e. The van der Waals surface area contributed by atoms with Crippen molar-refractivity contribution in [2.45, 2.75) is 46.1 Å². The standard InChI is InChI=1S/C12H22N2O2/c1-9(2)8-11(15)13-10(3)12(16)14-6-4-5-7-14/h9-10H,4-8H2,1-3H3,(H,13,15)/t10-/m0/s1. The van der Waals surface area contributed by atoms with Gasteiger partial charge in [0, 0.05) is 19.5 Å². The monoisotopic (exact) mass is 226 g/mol. The highest BCUT2D eigenvalue weighted by Gasteiger charge is 2.24. The van der Waals surface area contributed by atoms with Crippen LogP contribution in [0, 0.1) is 5.92 Å². The molecule has 1 aliphatic heterocycles. The summed E-state index contributed by atoms with van der Waals surface area (Å²) in [5, 5.41) is 2.76. The number of hydrogen-bond donors (Lipinski definition) is 1. The number of carbonyl (C=O) groups is 2. The topological polar surface area (TPSA) is 49.4 Å². The molecule has 92 valence electrons. The lowest BCUT2D eigenvalue weighted by atomic mass is 10.1. The second-order valence-corrected chi connectivity index (χ2v) is 4.92. The number of nitrogens with one attached hydrogen (secondary N) is 1. The Morgan fingerprint density at radius 2 is 1.75 bits per heavy atom. The Kier molecular flexibility index (Phi) is 4.77. The maximum Gasteiger partial charge on any atom is 0.244 e. The Morgan fingerprint density at radius 1 is 1.19 bits per heavy atom. The molecular formula is C12H22N2O2. The first kappa shape index (κ1) is 13.0. The molecule has 1 saturated heterocycles. The molecule has 0 unspecified atom stereocenters. The van der Waals surface area contributed by atoms with Crippen LogP contribution in [0.25, 0.3) is 0 Å². The summed E-state index contributed by atoms with van der Waals surface area (Å²) < 4.78 is 0. The van der Waals surface area contributed by atoms with Crippen LogP contribution in [-0.2, 0) is 9.59 Å². The minimum absolute atomic E-state index is 0.0324. The van der Waals surface area contributed by atoms with Gasteiger partial charge in [-0.25, -0.2) is 0 Å². The molecule has 4 heteroatoms. The number of amides is 2. The summed E-state index contributed by atoms with van der Waals surface area (Å²) in [5.41, 5.74) is 0. The Labute approximate surface area is 97.4 Å². The van der Waals surface area contributed by atoms with Gasteiger partial charge in [-0.2, -0.15) is 0 Å². The van der Waals surface area contributed by atoms with Crippen molar-refractivity contribution in [3.8, 4) is 0 Å². The van der Waals surface area contributed by atoms with Crippen molar-refractivity contribution in [2.24, 2.45) is 5.92 Å². The van der Waals surface area contributed by atoms with Crippen molar-refractivity contribution in [1.82, 2.24) is 10.2 Å². The highest BCUT2D eigenvalue weighted by atomic mass is 16.2. The molecule has 1 fully saturated rings. The van der Waals surface area contributed by atoms with Crippen LogP contribution in [0.3, 0.4) is 0 Å². The van der Waals surface area contributed by atoms with Gasteiger partial charge >= 0.3 is 0 Å². The van der Waals surface area contributed by atoms with E-state index in [9.17, 15) is 9.59 Å².